The third-order valence-electron chi connectivity index (χ3n) is 3.45. The van der Waals surface area contributed by atoms with Gasteiger partial charge in [0.2, 0.25) is 5.16 Å². The topological polar surface area (TPSA) is 89.8 Å². The first-order valence-electron chi connectivity index (χ1n) is 7.44. The van der Waals surface area contributed by atoms with Crippen LogP contribution in [0.15, 0.2) is 53.7 Å². The van der Waals surface area contributed by atoms with E-state index in [9.17, 15) is 8.78 Å². The number of nitrogen functional groups attached to an aromatic ring is 1. The van der Waals surface area contributed by atoms with E-state index in [0.29, 0.717) is 27.9 Å². The summed E-state index contributed by atoms with van der Waals surface area (Å²) in [5, 5.41) is 17.4. The summed E-state index contributed by atoms with van der Waals surface area (Å²) in [7, 11) is 0. The van der Waals surface area contributed by atoms with E-state index in [0.717, 1.165) is 5.56 Å². The number of nitriles is 1. The largest absolute Gasteiger partial charge is 0.435 e. The summed E-state index contributed by atoms with van der Waals surface area (Å²) in [4.78, 5) is 0. The van der Waals surface area contributed by atoms with Gasteiger partial charge in [0.15, 0.2) is 5.82 Å². The van der Waals surface area contributed by atoms with E-state index >= 15 is 0 Å². The lowest BCUT2D eigenvalue weighted by molar-refractivity contribution is -0.0498. The minimum atomic E-state index is -2.87. The molecule has 0 unspecified atom stereocenters. The molecule has 3 rings (SSSR count). The maximum absolute atomic E-state index is 12.2. The van der Waals surface area contributed by atoms with Gasteiger partial charge in [-0.05, 0) is 42.0 Å². The molecule has 0 atom stereocenters. The van der Waals surface area contributed by atoms with E-state index in [1.807, 2.05) is 12.1 Å². The SMILES string of the molecule is N#Cc1ccc(CSc2nnc(-c3ccc(OC(F)F)cc3)n2N)cc1. The molecule has 0 spiro atoms. The van der Waals surface area contributed by atoms with Crippen LogP contribution in [-0.4, -0.2) is 21.5 Å². The number of nitrogens with two attached hydrogens (primary N) is 1. The van der Waals surface area contributed by atoms with Crippen LogP contribution in [0.3, 0.4) is 0 Å². The average molecular weight is 373 g/mol. The number of hydrogen-bond acceptors (Lipinski definition) is 6. The van der Waals surface area contributed by atoms with Crippen LogP contribution in [-0.2, 0) is 5.75 Å². The van der Waals surface area contributed by atoms with Crippen LogP contribution in [0.4, 0.5) is 8.78 Å². The van der Waals surface area contributed by atoms with Crippen LogP contribution >= 0.6 is 11.8 Å². The minimum Gasteiger partial charge on any atom is -0.435 e. The first kappa shape index (κ1) is 17.7. The van der Waals surface area contributed by atoms with Crippen molar-refractivity contribution in [2.45, 2.75) is 17.5 Å². The molecule has 0 bridgehead atoms. The van der Waals surface area contributed by atoms with Crippen molar-refractivity contribution in [3.05, 3.63) is 59.7 Å². The van der Waals surface area contributed by atoms with Gasteiger partial charge in [-0.25, -0.2) is 4.68 Å². The van der Waals surface area contributed by atoms with Crippen molar-refractivity contribution in [2.75, 3.05) is 5.84 Å². The van der Waals surface area contributed by atoms with E-state index in [4.69, 9.17) is 11.1 Å². The Morgan fingerprint density at radius 2 is 1.81 bits per heavy atom. The first-order chi connectivity index (χ1) is 12.6. The van der Waals surface area contributed by atoms with Crippen molar-refractivity contribution in [2.24, 2.45) is 0 Å². The Morgan fingerprint density at radius 3 is 2.42 bits per heavy atom. The Kier molecular flexibility index (Phi) is 5.34. The van der Waals surface area contributed by atoms with Crippen molar-refractivity contribution in [1.82, 2.24) is 14.9 Å². The predicted octanol–water partition coefficient (Wildman–Crippen LogP) is 3.42. The maximum Gasteiger partial charge on any atom is 0.387 e. The standard InChI is InChI=1S/C17H13F2N5OS/c18-16(19)25-14-7-5-13(6-8-14)15-22-23-17(24(15)21)26-10-12-3-1-11(9-20)2-4-12/h1-8,16H,10,21H2. The van der Waals surface area contributed by atoms with Crippen molar-refractivity contribution in [1.29, 1.82) is 5.26 Å². The molecule has 9 heteroatoms. The zero-order valence-corrected chi connectivity index (χ0v) is 14.2. The molecule has 3 aromatic rings. The molecule has 2 aromatic carbocycles. The molecule has 0 aliphatic carbocycles. The Balaban J connectivity index is 1.70. The van der Waals surface area contributed by atoms with Gasteiger partial charge in [-0.2, -0.15) is 14.0 Å². The summed E-state index contributed by atoms with van der Waals surface area (Å²) in [6.45, 7) is -2.87. The second kappa shape index (κ2) is 7.84. The van der Waals surface area contributed by atoms with Gasteiger partial charge in [-0.3, -0.25) is 0 Å². The van der Waals surface area contributed by atoms with Crippen molar-refractivity contribution >= 4 is 11.8 Å². The lowest BCUT2D eigenvalue weighted by atomic mass is 10.2. The normalized spacial score (nSPS) is 10.7. The highest BCUT2D eigenvalue weighted by atomic mass is 32.2. The number of alkyl halides is 2. The number of aromatic nitrogens is 3. The van der Waals surface area contributed by atoms with Gasteiger partial charge in [0, 0.05) is 11.3 Å². The van der Waals surface area contributed by atoms with Crippen molar-refractivity contribution < 1.29 is 13.5 Å². The molecule has 0 fully saturated rings. The minimum absolute atomic E-state index is 0.0576. The second-order valence-corrected chi connectivity index (χ2v) is 6.12. The fourth-order valence-electron chi connectivity index (χ4n) is 2.18. The molecule has 132 valence electrons. The molecule has 1 heterocycles. The Morgan fingerprint density at radius 1 is 1.12 bits per heavy atom. The fraction of sp³-hybridized carbons (Fsp3) is 0.118. The molecule has 0 radical (unpaired) electrons. The molecule has 0 aliphatic heterocycles. The molecule has 26 heavy (non-hydrogen) atoms. The Hall–Kier alpha value is -3.12. The molecular weight excluding hydrogens is 360 g/mol. The average Bonchev–Trinajstić information content (AvgIpc) is 3.01. The molecule has 1 aromatic heterocycles. The van der Waals surface area contributed by atoms with Gasteiger partial charge in [-0.1, -0.05) is 23.9 Å². The van der Waals surface area contributed by atoms with E-state index < -0.39 is 6.61 Å². The van der Waals surface area contributed by atoms with Crippen LogP contribution in [0.1, 0.15) is 11.1 Å². The van der Waals surface area contributed by atoms with Crippen molar-refractivity contribution in [3.63, 3.8) is 0 Å². The molecule has 0 saturated heterocycles. The van der Waals surface area contributed by atoms with Crippen LogP contribution in [0.2, 0.25) is 0 Å². The zero-order valence-electron chi connectivity index (χ0n) is 13.3. The van der Waals surface area contributed by atoms with Crippen LogP contribution < -0.4 is 10.6 Å². The number of rotatable bonds is 6. The highest BCUT2D eigenvalue weighted by molar-refractivity contribution is 7.98. The number of ether oxygens (including phenoxy) is 1. The highest BCUT2D eigenvalue weighted by Gasteiger charge is 2.13. The Labute approximate surface area is 152 Å². The number of nitrogens with zero attached hydrogens (tertiary/aromatic N) is 4. The zero-order chi connectivity index (χ0) is 18.5. The van der Waals surface area contributed by atoms with Crippen LogP contribution in [0, 0.1) is 11.3 Å². The second-order valence-electron chi connectivity index (χ2n) is 5.18. The van der Waals surface area contributed by atoms with Gasteiger partial charge in [-0.15, -0.1) is 10.2 Å². The third-order valence-corrected chi connectivity index (χ3v) is 4.47. The monoisotopic (exact) mass is 373 g/mol. The molecule has 0 amide bonds. The lowest BCUT2D eigenvalue weighted by Crippen LogP contribution is -2.11. The summed E-state index contributed by atoms with van der Waals surface area (Å²) >= 11 is 1.40. The summed E-state index contributed by atoms with van der Waals surface area (Å²) in [5.41, 5.74) is 2.25. The summed E-state index contributed by atoms with van der Waals surface area (Å²) < 4.78 is 30.0. The van der Waals surface area contributed by atoms with E-state index in [1.165, 1.54) is 28.6 Å². The lowest BCUT2D eigenvalue weighted by Gasteiger charge is -2.06. The van der Waals surface area contributed by atoms with Gasteiger partial charge >= 0.3 is 6.61 Å². The predicted molar refractivity (Wildman–Crippen MR) is 93.0 cm³/mol. The fourth-order valence-corrected chi connectivity index (χ4v) is 2.99. The third kappa shape index (κ3) is 4.10. The first-order valence-corrected chi connectivity index (χ1v) is 8.43. The number of hydrogen-bond donors (Lipinski definition) is 1. The Bertz CT molecular complexity index is 920. The van der Waals surface area contributed by atoms with Crippen LogP contribution in [0.5, 0.6) is 5.75 Å². The summed E-state index contributed by atoms with van der Waals surface area (Å²) in [6, 6.07) is 15.3. The number of halogens is 2. The highest BCUT2D eigenvalue weighted by Crippen LogP contribution is 2.26. The van der Waals surface area contributed by atoms with Gasteiger partial charge < -0.3 is 10.6 Å². The molecule has 6 nitrogen and oxygen atoms in total. The van der Waals surface area contributed by atoms with Gasteiger partial charge in [0.25, 0.3) is 0 Å². The summed E-state index contributed by atoms with van der Waals surface area (Å²) in [6.07, 6.45) is 0. The summed E-state index contributed by atoms with van der Waals surface area (Å²) in [5.74, 6) is 7.12. The number of benzene rings is 2. The van der Waals surface area contributed by atoms with Crippen molar-refractivity contribution in [3.8, 4) is 23.2 Å². The smallest absolute Gasteiger partial charge is 0.387 e. The number of thioether (sulfide) groups is 1. The van der Waals surface area contributed by atoms with E-state index in [1.54, 1.807) is 24.3 Å². The van der Waals surface area contributed by atoms with Gasteiger partial charge in [0.05, 0.1) is 11.6 Å². The van der Waals surface area contributed by atoms with E-state index in [-0.39, 0.29) is 5.75 Å². The molecular formula is C17H13F2N5OS. The van der Waals surface area contributed by atoms with Crippen LogP contribution in [0.25, 0.3) is 11.4 Å². The maximum atomic E-state index is 12.2. The molecule has 2 N–H and O–H groups in total. The molecule has 0 aliphatic rings. The van der Waals surface area contributed by atoms with Gasteiger partial charge in [0.1, 0.15) is 5.75 Å². The molecule has 0 saturated carbocycles. The quantitative estimate of drug-likeness (QED) is 0.526. The van der Waals surface area contributed by atoms with E-state index in [2.05, 4.69) is 21.0 Å².